The van der Waals surface area contributed by atoms with Crippen molar-refractivity contribution in [1.82, 2.24) is 4.90 Å². The van der Waals surface area contributed by atoms with Crippen molar-refractivity contribution in [3.63, 3.8) is 0 Å². The summed E-state index contributed by atoms with van der Waals surface area (Å²) in [5.41, 5.74) is 0. The summed E-state index contributed by atoms with van der Waals surface area (Å²) in [4.78, 5) is 23.7. The van der Waals surface area contributed by atoms with Crippen LogP contribution in [0.3, 0.4) is 0 Å². The Morgan fingerprint density at radius 3 is 2.67 bits per heavy atom. The summed E-state index contributed by atoms with van der Waals surface area (Å²) in [6.07, 6.45) is 0. The second-order valence-electron chi connectivity index (χ2n) is 2.84. The van der Waals surface area contributed by atoms with Crippen molar-refractivity contribution in [2.75, 3.05) is 20.7 Å². The largest absolute Gasteiger partial charge is 0.468 e. The van der Waals surface area contributed by atoms with Crippen LogP contribution in [0.4, 0.5) is 0 Å². The Morgan fingerprint density at radius 2 is 2.20 bits per heavy atom. The van der Waals surface area contributed by atoms with Crippen molar-refractivity contribution in [3.8, 4) is 0 Å². The van der Waals surface area contributed by atoms with Crippen LogP contribution in [-0.4, -0.2) is 37.5 Å². The Balaban J connectivity index is 2.64. The molecule has 15 heavy (non-hydrogen) atoms. The molecule has 0 unspecified atom stereocenters. The van der Waals surface area contributed by atoms with Crippen molar-refractivity contribution in [2.24, 2.45) is 0 Å². The molecule has 6 heteroatoms. The van der Waals surface area contributed by atoms with E-state index < -0.39 is 5.97 Å². The van der Waals surface area contributed by atoms with Crippen molar-refractivity contribution in [1.29, 1.82) is 0 Å². The molecule has 0 fully saturated rings. The average Bonchev–Trinajstić information content (AvgIpc) is 2.63. The summed E-state index contributed by atoms with van der Waals surface area (Å²) in [7, 11) is 2.76. The van der Waals surface area contributed by atoms with Crippen LogP contribution < -0.4 is 0 Å². The maximum Gasteiger partial charge on any atom is 0.325 e. The lowest BCUT2D eigenvalue weighted by atomic mass is 10.4. The molecule has 0 saturated heterocycles. The minimum absolute atomic E-state index is 0.104. The smallest absolute Gasteiger partial charge is 0.325 e. The van der Waals surface area contributed by atoms with Crippen molar-refractivity contribution in [2.45, 2.75) is 0 Å². The lowest BCUT2D eigenvalue weighted by Gasteiger charge is -2.13. The fourth-order valence-electron chi connectivity index (χ4n) is 0.947. The van der Waals surface area contributed by atoms with Gasteiger partial charge in [-0.15, -0.1) is 0 Å². The lowest BCUT2D eigenvalue weighted by molar-refractivity contribution is -0.141. The second-order valence-corrected chi connectivity index (χ2v) is 3.62. The predicted octanol–water partition coefficient (Wildman–Crippen LogP) is 1.29. The Morgan fingerprint density at radius 1 is 1.53 bits per heavy atom. The molecule has 0 saturated carbocycles. The number of nitrogens with zero attached hydrogens (tertiary/aromatic N) is 1. The SMILES string of the molecule is COC(=O)CN(C)C(=O)c1ccc(Br)o1. The molecule has 0 bridgehead atoms. The zero-order valence-corrected chi connectivity index (χ0v) is 9.91. The molecule has 0 spiro atoms. The predicted molar refractivity (Wildman–Crippen MR) is 55.4 cm³/mol. The zero-order chi connectivity index (χ0) is 11.4. The number of likely N-dealkylation sites (N-methyl/N-ethyl adjacent to an activating group) is 1. The third kappa shape index (κ3) is 3.09. The molecule has 1 heterocycles. The minimum atomic E-state index is -0.475. The standard InChI is InChI=1S/C9H10BrNO4/c1-11(5-8(12)14-2)9(13)6-3-4-7(10)15-6/h3-4H,5H2,1-2H3. The maximum absolute atomic E-state index is 11.6. The van der Waals surface area contributed by atoms with Gasteiger partial charge >= 0.3 is 5.97 Å². The Labute approximate surface area is 95.1 Å². The van der Waals surface area contributed by atoms with Crippen LogP contribution in [0, 0.1) is 0 Å². The molecule has 1 amide bonds. The number of esters is 1. The van der Waals surface area contributed by atoms with Crippen LogP contribution in [0.5, 0.6) is 0 Å². The minimum Gasteiger partial charge on any atom is -0.468 e. The van der Waals surface area contributed by atoms with E-state index in [-0.39, 0.29) is 18.2 Å². The first kappa shape index (κ1) is 11.8. The molecule has 0 N–H and O–H groups in total. The van der Waals surface area contributed by atoms with E-state index in [1.807, 2.05) is 0 Å². The molecular formula is C9H10BrNO4. The molecule has 0 atom stereocenters. The summed E-state index contributed by atoms with van der Waals surface area (Å²) in [5.74, 6) is -0.671. The van der Waals surface area contributed by atoms with Gasteiger partial charge in [0.25, 0.3) is 5.91 Å². The Hall–Kier alpha value is -1.30. The molecule has 0 aliphatic carbocycles. The number of amides is 1. The normalized spacial score (nSPS) is 9.80. The number of hydrogen-bond donors (Lipinski definition) is 0. The van der Waals surface area contributed by atoms with Gasteiger partial charge in [0.1, 0.15) is 6.54 Å². The van der Waals surface area contributed by atoms with E-state index >= 15 is 0 Å². The van der Waals surface area contributed by atoms with Crippen LogP contribution in [0.25, 0.3) is 0 Å². The quantitative estimate of drug-likeness (QED) is 0.780. The summed E-state index contributed by atoms with van der Waals surface area (Å²) >= 11 is 3.09. The number of carbonyl (C=O) groups excluding carboxylic acids is 2. The molecule has 0 aromatic carbocycles. The van der Waals surface area contributed by atoms with Crippen molar-refractivity contribution < 1.29 is 18.7 Å². The number of rotatable bonds is 3. The third-order valence-corrected chi connectivity index (χ3v) is 2.15. The highest BCUT2D eigenvalue weighted by Crippen LogP contribution is 2.15. The molecule has 0 radical (unpaired) electrons. The maximum atomic E-state index is 11.6. The first-order valence-electron chi connectivity index (χ1n) is 4.12. The molecule has 1 aromatic rings. The first-order valence-corrected chi connectivity index (χ1v) is 4.91. The summed E-state index contributed by atoms with van der Waals surface area (Å²) in [6.45, 7) is -0.104. The fraction of sp³-hybridized carbons (Fsp3) is 0.333. The number of furan rings is 1. The monoisotopic (exact) mass is 275 g/mol. The van der Waals surface area contributed by atoms with E-state index in [2.05, 4.69) is 20.7 Å². The molecule has 0 aliphatic heterocycles. The van der Waals surface area contributed by atoms with E-state index in [0.717, 1.165) is 0 Å². The molecular weight excluding hydrogens is 266 g/mol. The highest BCUT2D eigenvalue weighted by atomic mass is 79.9. The van der Waals surface area contributed by atoms with E-state index in [1.54, 1.807) is 6.07 Å². The molecule has 5 nitrogen and oxygen atoms in total. The van der Waals surface area contributed by atoms with Crippen LogP contribution in [0.2, 0.25) is 0 Å². The third-order valence-electron chi connectivity index (χ3n) is 1.72. The van der Waals surface area contributed by atoms with Crippen molar-refractivity contribution in [3.05, 3.63) is 22.6 Å². The van der Waals surface area contributed by atoms with Gasteiger partial charge in [0.15, 0.2) is 10.4 Å². The van der Waals surface area contributed by atoms with E-state index in [9.17, 15) is 9.59 Å². The Kier molecular flexibility index (Phi) is 3.90. The summed E-state index contributed by atoms with van der Waals surface area (Å²) < 4.78 is 9.96. The van der Waals surface area contributed by atoms with Crippen molar-refractivity contribution >= 4 is 27.8 Å². The highest BCUT2D eigenvalue weighted by molar-refractivity contribution is 9.10. The number of hydrogen-bond acceptors (Lipinski definition) is 4. The van der Waals surface area contributed by atoms with Gasteiger partial charge in [-0.3, -0.25) is 9.59 Å². The van der Waals surface area contributed by atoms with Crippen LogP contribution >= 0.6 is 15.9 Å². The zero-order valence-electron chi connectivity index (χ0n) is 8.32. The van der Waals surface area contributed by atoms with Gasteiger partial charge in [-0.1, -0.05) is 0 Å². The van der Waals surface area contributed by atoms with Gasteiger partial charge < -0.3 is 14.1 Å². The molecule has 1 aromatic heterocycles. The van der Waals surface area contributed by atoms with Gasteiger partial charge in [0.05, 0.1) is 7.11 Å². The summed E-state index contributed by atoms with van der Waals surface area (Å²) in [6, 6.07) is 3.14. The molecule has 1 rings (SSSR count). The van der Waals surface area contributed by atoms with Gasteiger partial charge in [-0.25, -0.2) is 0 Å². The average molecular weight is 276 g/mol. The van der Waals surface area contributed by atoms with Crippen LogP contribution in [-0.2, 0) is 9.53 Å². The second kappa shape index (κ2) is 4.97. The van der Waals surface area contributed by atoms with E-state index in [1.165, 1.54) is 25.1 Å². The number of ether oxygens (including phenoxy) is 1. The topological polar surface area (TPSA) is 59.8 Å². The van der Waals surface area contributed by atoms with E-state index in [0.29, 0.717) is 4.67 Å². The first-order chi connectivity index (χ1) is 7.04. The van der Waals surface area contributed by atoms with Crippen LogP contribution in [0.15, 0.2) is 21.2 Å². The van der Waals surface area contributed by atoms with Gasteiger partial charge in [-0.05, 0) is 28.1 Å². The molecule has 0 aliphatic rings. The van der Waals surface area contributed by atoms with Gasteiger partial charge in [0, 0.05) is 7.05 Å². The number of methoxy groups -OCH3 is 1. The van der Waals surface area contributed by atoms with Crippen LogP contribution in [0.1, 0.15) is 10.6 Å². The molecule has 82 valence electrons. The number of halogens is 1. The highest BCUT2D eigenvalue weighted by Gasteiger charge is 2.17. The Bertz CT molecular complexity index is 374. The fourth-order valence-corrected chi connectivity index (χ4v) is 1.25. The lowest BCUT2D eigenvalue weighted by Crippen LogP contribution is -2.32. The summed E-state index contributed by atoms with van der Waals surface area (Å²) in [5, 5.41) is 0. The van der Waals surface area contributed by atoms with Gasteiger partial charge in [-0.2, -0.15) is 0 Å². The van der Waals surface area contributed by atoms with Gasteiger partial charge in [0.2, 0.25) is 0 Å². The van der Waals surface area contributed by atoms with E-state index in [4.69, 9.17) is 4.42 Å². The number of carbonyl (C=O) groups is 2.